The van der Waals surface area contributed by atoms with E-state index >= 15 is 0 Å². The number of aryl methyl sites for hydroxylation is 1. The summed E-state index contributed by atoms with van der Waals surface area (Å²) in [6.45, 7) is 4.47. The second kappa shape index (κ2) is 5.71. The highest BCUT2D eigenvalue weighted by Crippen LogP contribution is 2.13. The fourth-order valence-electron chi connectivity index (χ4n) is 2.09. The molecule has 3 heteroatoms. The van der Waals surface area contributed by atoms with Crippen molar-refractivity contribution in [3.63, 3.8) is 0 Å². The van der Waals surface area contributed by atoms with Gasteiger partial charge in [0.2, 0.25) is 5.91 Å². The zero-order valence-corrected chi connectivity index (χ0v) is 10.3. The lowest BCUT2D eigenvalue weighted by Crippen LogP contribution is -2.26. The monoisotopic (exact) mass is 233 g/mol. The number of carbonyl (C=O) groups excluding carboxylic acids is 1. The van der Waals surface area contributed by atoms with E-state index in [9.17, 15) is 4.79 Å². The van der Waals surface area contributed by atoms with Crippen molar-refractivity contribution >= 4 is 5.91 Å². The fraction of sp³-hybridized carbons (Fsp3) is 0.500. The number of likely N-dealkylation sites (tertiary alicyclic amines) is 1. The van der Waals surface area contributed by atoms with Crippen LogP contribution in [0.3, 0.4) is 0 Å². The first-order chi connectivity index (χ1) is 8.25. The molecule has 1 aromatic rings. The Hall–Kier alpha value is -1.51. The topological polar surface area (TPSA) is 29.5 Å². The third kappa shape index (κ3) is 3.48. The number of nitrogens with zero attached hydrogens (tertiary/aromatic N) is 1. The molecule has 3 nitrogen and oxygen atoms in total. The number of carbonyl (C=O) groups is 1. The van der Waals surface area contributed by atoms with Crippen LogP contribution in [0.5, 0.6) is 5.75 Å². The van der Waals surface area contributed by atoms with Gasteiger partial charge >= 0.3 is 0 Å². The SMILES string of the molecule is Cc1cccc(OCCCN2CCCC2=O)c1. The number of ether oxygens (including phenoxy) is 1. The molecule has 1 saturated heterocycles. The molecule has 1 aromatic carbocycles. The smallest absolute Gasteiger partial charge is 0.222 e. The molecule has 0 radical (unpaired) electrons. The van der Waals surface area contributed by atoms with Crippen LogP contribution in [0.4, 0.5) is 0 Å². The maximum absolute atomic E-state index is 11.4. The largest absolute Gasteiger partial charge is 0.494 e. The molecule has 0 spiro atoms. The number of hydrogen-bond donors (Lipinski definition) is 0. The van der Waals surface area contributed by atoms with E-state index in [-0.39, 0.29) is 0 Å². The van der Waals surface area contributed by atoms with E-state index in [0.29, 0.717) is 12.5 Å². The molecule has 0 saturated carbocycles. The van der Waals surface area contributed by atoms with Gasteiger partial charge in [-0.1, -0.05) is 12.1 Å². The number of hydrogen-bond acceptors (Lipinski definition) is 2. The third-order valence-electron chi connectivity index (χ3n) is 3.00. The average Bonchev–Trinajstić information content (AvgIpc) is 2.71. The van der Waals surface area contributed by atoms with Gasteiger partial charge in [0.25, 0.3) is 0 Å². The van der Waals surface area contributed by atoms with Gasteiger partial charge in [-0.15, -0.1) is 0 Å². The zero-order valence-electron chi connectivity index (χ0n) is 10.3. The van der Waals surface area contributed by atoms with Crippen molar-refractivity contribution in [1.82, 2.24) is 4.90 Å². The van der Waals surface area contributed by atoms with E-state index in [0.717, 1.165) is 38.1 Å². The van der Waals surface area contributed by atoms with Crippen LogP contribution in [0.2, 0.25) is 0 Å². The number of benzene rings is 1. The van der Waals surface area contributed by atoms with Gasteiger partial charge in [-0.05, 0) is 37.5 Å². The molecule has 1 heterocycles. The molecule has 0 bridgehead atoms. The predicted octanol–water partition coefficient (Wildman–Crippen LogP) is 2.39. The minimum Gasteiger partial charge on any atom is -0.494 e. The highest BCUT2D eigenvalue weighted by Gasteiger charge is 2.18. The Labute approximate surface area is 102 Å². The third-order valence-corrected chi connectivity index (χ3v) is 3.00. The standard InChI is InChI=1S/C14H19NO2/c1-12-5-2-6-13(11-12)17-10-4-9-15-8-3-7-14(15)16/h2,5-6,11H,3-4,7-10H2,1H3. The second-order valence-electron chi connectivity index (χ2n) is 4.50. The van der Waals surface area contributed by atoms with Gasteiger partial charge in [0.05, 0.1) is 6.61 Å². The molecule has 0 atom stereocenters. The first kappa shape index (κ1) is 12.0. The predicted molar refractivity (Wildman–Crippen MR) is 67.1 cm³/mol. The van der Waals surface area contributed by atoms with Crippen molar-refractivity contribution in [2.45, 2.75) is 26.2 Å². The van der Waals surface area contributed by atoms with Crippen LogP contribution in [0.1, 0.15) is 24.8 Å². The summed E-state index contributed by atoms with van der Waals surface area (Å²) in [5.41, 5.74) is 1.21. The highest BCUT2D eigenvalue weighted by atomic mass is 16.5. The van der Waals surface area contributed by atoms with Crippen LogP contribution >= 0.6 is 0 Å². The molecule has 17 heavy (non-hydrogen) atoms. The van der Waals surface area contributed by atoms with Crippen molar-refractivity contribution in [2.24, 2.45) is 0 Å². The van der Waals surface area contributed by atoms with Crippen LogP contribution in [0, 0.1) is 6.92 Å². The maximum Gasteiger partial charge on any atom is 0.222 e. The normalized spacial score (nSPS) is 15.4. The van der Waals surface area contributed by atoms with E-state index in [1.54, 1.807) is 0 Å². The van der Waals surface area contributed by atoms with Crippen molar-refractivity contribution < 1.29 is 9.53 Å². The lowest BCUT2D eigenvalue weighted by Gasteiger charge is -2.15. The first-order valence-corrected chi connectivity index (χ1v) is 6.23. The summed E-state index contributed by atoms with van der Waals surface area (Å²) < 4.78 is 5.64. The molecule has 1 fully saturated rings. The Bertz CT molecular complexity index is 390. The molecule has 0 aromatic heterocycles. The molecule has 92 valence electrons. The quantitative estimate of drug-likeness (QED) is 0.731. The molecule has 0 unspecified atom stereocenters. The molecular formula is C14H19NO2. The number of amides is 1. The summed E-state index contributed by atoms with van der Waals surface area (Å²) in [5.74, 6) is 1.21. The van der Waals surface area contributed by atoms with Crippen LogP contribution in [0.25, 0.3) is 0 Å². The van der Waals surface area contributed by atoms with E-state index < -0.39 is 0 Å². The van der Waals surface area contributed by atoms with Crippen molar-refractivity contribution in [3.05, 3.63) is 29.8 Å². The van der Waals surface area contributed by atoms with Gasteiger partial charge in [0.15, 0.2) is 0 Å². The van der Waals surface area contributed by atoms with Crippen LogP contribution in [0.15, 0.2) is 24.3 Å². The maximum atomic E-state index is 11.4. The lowest BCUT2D eigenvalue weighted by atomic mass is 10.2. The van der Waals surface area contributed by atoms with E-state index in [1.165, 1.54) is 5.56 Å². The van der Waals surface area contributed by atoms with Crippen LogP contribution in [-0.4, -0.2) is 30.5 Å². The molecule has 1 amide bonds. The lowest BCUT2D eigenvalue weighted by molar-refractivity contribution is -0.127. The Balaban J connectivity index is 1.68. The number of rotatable bonds is 5. The Kier molecular flexibility index (Phi) is 4.02. The zero-order chi connectivity index (χ0) is 12.1. The van der Waals surface area contributed by atoms with Crippen molar-refractivity contribution in [3.8, 4) is 5.75 Å². The second-order valence-corrected chi connectivity index (χ2v) is 4.50. The Morgan fingerprint density at radius 1 is 1.41 bits per heavy atom. The average molecular weight is 233 g/mol. The van der Waals surface area contributed by atoms with Gasteiger partial charge in [-0.3, -0.25) is 4.79 Å². The van der Waals surface area contributed by atoms with Gasteiger partial charge in [0, 0.05) is 19.5 Å². The van der Waals surface area contributed by atoms with E-state index in [2.05, 4.69) is 13.0 Å². The summed E-state index contributed by atoms with van der Waals surface area (Å²) in [4.78, 5) is 13.3. The van der Waals surface area contributed by atoms with Crippen molar-refractivity contribution in [1.29, 1.82) is 0 Å². The highest BCUT2D eigenvalue weighted by molar-refractivity contribution is 5.77. The molecule has 0 N–H and O–H groups in total. The van der Waals surface area contributed by atoms with Gasteiger partial charge in [0.1, 0.15) is 5.75 Å². The van der Waals surface area contributed by atoms with Crippen molar-refractivity contribution in [2.75, 3.05) is 19.7 Å². The van der Waals surface area contributed by atoms with Crippen LogP contribution < -0.4 is 4.74 Å². The fourth-order valence-corrected chi connectivity index (χ4v) is 2.09. The minimum absolute atomic E-state index is 0.292. The molecule has 1 aliphatic rings. The molecule has 2 rings (SSSR count). The molecule has 1 aliphatic heterocycles. The summed E-state index contributed by atoms with van der Waals surface area (Å²) in [7, 11) is 0. The first-order valence-electron chi connectivity index (χ1n) is 6.23. The molecular weight excluding hydrogens is 214 g/mol. The van der Waals surface area contributed by atoms with E-state index in [1.807, 2.05) is 23.1 Å². The Morgan fingerprint density at radius 3 is 3.00 bits per heavy atom. The van der Waals surface area contributed by atoms with Crippen LogP contribution in [-0.2, 0) is 4.79 Å². The van der Waals surface area contributed by atoms with Gasteiger partial charge in [-0.25, -0.2) is 0 Å². The van der Waals surface area contributed by atoms with E-state index in [4.69, 9.17) is 4.74 Å². The summed E-state index contributed by atoms with van der Waals surface area (Å²) >= 11 is 0. The minimum atomic E-state index is 0.292. The summed E-state index contributed by atoms with van der Waals surface area (Å²) in [6.07, 6.45) is 2.63. The summed E-state index contributed by atoms with van der Waals surface area (Å²) in [5, 5.41) is 0. The van der Waals surface area contributed by atoms with Gasteiger partial charge in [-0.2, -0.15) is 0 Å². The Morgan fingerprint density at radius 2 is 2.29 bits per heavy atom. The van der Waals surface area contributed by atoms with Gasteiger partial charge < -0.3 is 9.64 Å². The molecule has 0 aliphatic carbocycles. The summed E-state index contributed by atoms with van der Waals surface area (Å²) in [6, 6.07) is 8.04.